The van der Waals surface area contributed by atoms with E-state index in [4.69, 9.17) is 9.47 Å². The molecular formula is C28H38O3. The van der Waals surface area contributed by atoms with E-state index in [1.165, 1.54) is 56.9 Å². The normalized spacial score (nSPS) is 19.6. The number of carbonyl (C=O) groups is 1. The zero-order chi connectivity index (χ0) is 22.1. The van der Waals surface area contributed by atoms with Crippen LogP contribution < -0.4 is 9.47 Å². The number of carbonyl (C=O) groups excluding carboxylic acids is 1. The molecule has 0 unspecified atom stereocenters. The summed E-state index contributed by atoms with van der Waals surface area (Å²) in [6.45, 7) is 6.40. The molecule has 0 radical (unpaired) electrons. The second-order valence-electron chi connectivity index (χ2n) is 9.03. The molecule has 1 aliphatic rings. The summed E-state index contributed by atoms with van der Waals surface area (Å²) in [5, 5.41) is 0. The van der Waals surface area contributed by atoms with Crippen molar-refractivity contribution in [3.63, 3.8) is 0 Å². The molecule has 1 aliphatic carbocycles. The number of ether oxygens (including phenoxy) is 2. The van der Waals surface area contributed by atoms with Crippen molar-refractivity contribution in [2.75, 3.05) is 0 Å². The molecule has 0 heterocycles. The number of hydrogen-bond donors (Lipinski definition) is 0. The summed E-state index contributed by atoms with van der Waals surface area (Å²) in [4.78, 5) is 12.5. The molecule has 1 atom stereocenters. The highest BCUT2D eigenvalue weighted by Crippen LogP contribution is 2.37. The number of rotatable bonds is 10. The number of unbranched alkanes of at least 4 members (excludes halogenated alkanes) is 2. The predicted octanol–water partition coefficient (Wildman–Crippen LogP) is 7.94. The summed E-state index contributed by atoms with van der Waals surface area (Å²) in [5.41, 5.74) is 1.95. The molecule has 31 heavy (non-hydrogen) atoms. The van der Waals surface area contributed by atoms with Crippen LogP contribution in [0.2, 0.25) is 0 Å². The highest BCUT2D eigenvalue weighted by atomic mass is 16.5. The highest BCUT2D eigenvalue weighted by molar-refractivity contribution is 5.91. The molecule has 0 amide bonds. The Kier molecular flexibility index (Phi) is 8.99. The van der Waals surface area contributed by atoms with Gasteiger partial charge in [-0.2, -0.15) is 0 Å². The Labute approximate surface area is 188 Å². The van der Waals surface area contributed by atoms with Gasteiger partial charge in [0.2, 0.25) is 0 Å². The fourth-order valence-corrected chi connectivity index (χ4v) is 4.43. The summed E-state index contributed by atoms with van der Waals surface area (Å²) < 4.78 is 11.3. The van der Waals surface area contributed by atoms with E-state index in [1.54, 1.807) is 12.1 Å². The van der Waals surface area contributed by atoms with Crippen molar-refractivity contribution < 1.29 is 14.3 Å². The van der Waals surface area contributed by atoms with Crippen molar-refractivity contribution in [1.29, 1.82) is 0 Å². The van der Waals surface area contributed by atoms with Crippen LogP contribution in [0.4, 0.5) is 0 Å². The molecule has 3 rings (SSSR count). The Balaban J connectivity index is 1.49. The standard InChI is InChI=1S/C28H38O3/c1-4-6-7-8-22-9-11-23(12-10-22)24-13-15-25(16-14-24)28(29)31-27-19-17-26(18-20-27)30-21(3)5-2/h13-23H,4-12H2,1-3H3/t21-,22?,23?/m1/s1. The van der Waals surface area contributed by atoms with Crippen LogP contribution in [0, 0.1) is 5.92 Å². The van der Waals surface area contributed by atoms with Gasteiger partial charge in [-0.05, 0) is 92.8 Å². The van der Waals surface area contributed by atoms with Gasteiger partial charge in [-0.15, -0.1) is 0 Å². The van der Waals surface area contributed by atoms with Crippen molar-refractivity contribution in [2.45, 2.75) is 90.6 Å². The Bertz CT molecular complexity index is 786. The summed E-state index contributed by atoms with van der Waals surface area (Å²) in [6, 6.07) is 15.3. The molecule has 0 bridgehead atoms. The fourth-order valence-electron chi connectivity index (χ4n) is 4.43. The SMILES string of the molecule is CCCCCC1CCC(c2ccc(C(=O)Oc3ccc(O[C@H](C)CC)cc3)cc2)CC1. The fraction of sp³-hybridized carbons (Fsp3) is 0.536. The molecule has 0 aliphatic heterocycles. The van der Waals surface area contributed by atoms with Crippen LogP contribution in [-0.2, 0) is 0 Å². The van der Waals surface area contributed by atoms with Gasteiger partial charge in [-0.1, -0.05) is 51.7 Å². The molecule has 1 saturated carbocycles. The minimum atomic E-state index is -0.318. The lowest BCUT2D eigenvalue weighted by atomic mass is 9.77. The van der Waals surface area contributed by atoms with Crippen molar-refractivity contribution in [3.8, 4) is 11.5 Å². The third-order valence-corrected chi connectivity index (χ3v) is 6.63. The largest absolute Gasteiger partial charge is 0.491 e. The lowest BCUT2D eigenvalue weighted by Crippen LogP contribution is -2.14. The van der Waals surface area contributed by atoms with Crippen molar-refractivity contribution in [1.82, 2.24) is 0 Å². The summed E-state index contributed by atoms with van der Waals surface area (Å²) in [7, 11) is 0. The molecule has 0 N–H and O–H groups in total. The third-order valence-electron chi connectivity index (χ3n) is 6.63. The number of benzene rings is 2. The first-order chi connectivity index (χ1) is 15.1. The van der Waals surface area contributed by atoms with Gasteiger partial charge in [0.05, 0.1) is 11.7 Å². The average Bonchev–Trinajstić information content (AvgIpc) is 2.81. The van der Waals surface area contributed by atoms with Gasteiger partial charge >= 0.3 is 5.97 Å². The van der Waals surface area contributed by atoms with Crippen LogP contribution in [0.5, 0.6) is 11.5 Å². The predicted molar refractivity (Wildman–Crippen MR) is 127 cm³/mol. The van der Waals surface area contributed by atoms with Crippen molar-refractivity contribution >= 4 is 5.97 Å². The van der Waals surface area contributed by atoms with Gasteiger partial charge < -0.3 is 9.47 Å². The topological polar surface area (TPSA) is 35.5 Å². The van der Waals surface area contributed by atoms with Gasteiger partial charge in [0.25, 0.3) is 0 Å². The maximum atomic E-state index is 12.5. The van der Waals surface area contributed by atoms with Crippen molar-refractivity contribution in [3.05, 3.63) is 59.7 Å². The van der Waals surface area contributed by atoms with E-state index in [9.17, 15) is 4.79 Å². The maximum absolute atomic E-state index is 12.5. The second-order valence-corrected chi connectivity index (χ2v) is 9.03. The quantitative estimate of drug-likeness (QED) is 0.221. The molecule has 3 heteroatoms. The molecule has 2 aromatic rings. The van der Waals surface area contributed by atoms with Crippen LogP contribution >= 0.6 is 0 Å². The molecule has 168 valence electrons. The first-order valence-corrected chi connectivity index (χ1v) is 12.2. The zero-order valence-corrected chi connectivity index (χ0v) is 19.4. The minimum Gasteiger partial charge on any atom is -0.491 e. The molecular weight excluding hydrogens is 384 g/mol. The van der Waals surface area contributed by atoms with Gasteiger partial charge in [0.15, 0.2) is 0 Å². The minimum absolute atomic E-state index is 0.169. The summed E-state index contributed by atoms with van der Waals surface area (Å²) >= 11 is 0. The summed E-state index contributed by atoms with van der Waals surface area (Å²) in [6.07, 6.45) is 11.8. The number of esters is 1. The molecule has 1 fully saturated rings. The Morgan fingerprint density at radius 2 is 1.55 bits per heavy atom. The Morgan fingerprint density at radius 3 is 2.16 bits per heavy atom. The monoisotopic (exact) mass is 422 g/mol. The lowest BCUT2D eigenvalue weighted by Gasteiger charge is -2.29. The van der Waals surface area contributed by atoms with Crippen LogP contribution in [-0.4, -0.2) is 12.1 Å². The molecule has 0 aromatic heterocycles. The van der Waals surface area contributed by atoms with E-state index in [2.05, 4.69) is 26.0 Å². The van der Waals surface area contributed by atoms with Crippen LogP contribution in [0.1, 0.15) is 100 Å². The second kappa shape index (κ2) is 11.9. The molecule has 2 aromatic carbocycles. The zero-order valence-electron chi connectivity index (χ0n) is 19.4. The van der Waals surface area contributed by atoms with Gasteiger partial charge in [-0.3, -0.25) is 0 Å². The van der Waals surface area contributed by atoms with E-state index in [-0.39, 0.29) is 12.1 Å². The molecule has 3 nitrogen and oxygen atoms in total. The first kappa shape index (κ1) is 23.4. The molecule has 0 saturated heterocycles. The third kappa shape index (κ3) is 7.12. The lowest BCUT2D eigenvalue weighted by molar-refractivity contribution is 0.0734. The molecule has 0 spiro atoms. The van der Waals surface area contributed by atoms with E-state index < -0.39 is 0 Å². The Morgan fingerprint density at radius 1 is 0.903 bits per heavy atom. The number of hydrogen-bond acceptors (Lipinski definition) is 3. The van der Waals surface area contributed by atoms with E-state index >= 15 is 0 Å². The summed E-state index contributed by atoms with van der Waals surface area (Å²) in [5.74, 6) is 2.55. The van der Waals surface area contributed by atoms with Crippen LogP contribution in [0.15, 0.2) is 48.5 Å². The van der Waals surface area contributed by atoms with Crippen LogP contribution in [0.25, 0.3) is 0 Å². The highest BCUT2D eigenvalue weighted by Gasteiger charge is 2.22. The first-order valence-electron chi connectivity index (χ1n) is 12.2. The smallest absolute Gasteiger partial charge is 0.343 e. The van der Waals surface area contributed by atoms with E-state index in [0.717, 1.165) is 18.1 Å². The van der Waals surface area contributed by atoms with Crippen molar-refractivity contribution in [2.24, 2.45) is 5.92 Å². The average molecular weight is 423 g/mol. The maximum Gasteiger partial charge on any atom is 0.343 e. The van der Waals surface area contributed by atoms with E-state index in [0.29, 0.717) is 17.2 Å². The van der Waals surface area contributed by atoms with Gasteiger partial charge in [-0.25, -0.2) is 4.79 Å². The van der Waals surface area contributed by atoms with Crippen LogP contribution in [0.3, 0.4) is 0 Å². The van der Waals surface area contributed by atoms with Gasteiger partial charge in [0, 0.05) is 0 Å². The van der Waals surface area contributed by atoms with Gasteiger partial charge in [0.1, 0.15) is 11.5 Å². The Hall–Kier alpha value is -2.29. The van der Waals surface area contributed by atoms with E-state index in [1.807, 2.05) is 31.2 Å².